The number of nitrogens with one attached hydrogen (secondary N) is 1. The molecule has 3 saturated heterocycles. The van der Waals surface area contributed by atoms with Crippen LogP contribution in [0.5, 0.6) is 0 Å². The summed E-state index contributed by atoms with van der Waals surface area (Å²) in [7, 11) is 0. The normalized spacial score (nSPS) is 24.2. The van der Waals surface area contributed by atoms with Crippen LogP contribution >= 0.6 is 0 Å². The number of hydrogen-bond acceptors (Lipinski definition) is 7. The molecule has 0 saturated carbocycles. The third-order valence-corrected chi connectivity index (χ3v) is 8.58. The molecular weight excluding hydrogens is 452 g/mol. The molecule has 0 aromatic carbocycles. The Balaban J connectivity index is 1.14. The van der Waals surface area contributed by atoms with E-state index >= 15 is 0 Å². The fraction of sp³-hybridized carbons (Fsp3) is 0.821. The van der Waals surface area contributed by atoms with E-state index in [0.717, 1.165) is 58.1 Å². The number of rotatable bonds is 13. The smallest absolute Gasteiger partial charge is 0.245 e. The number of carbonyl (C=O) groups is 1. The molecule has 0 radical (unpaired) electrons. The minimum absolute atomic E-state index is 0.00697. The van der Waals surface area contributed by atoms with Gasteiger partial charge in [-0.3, -0.25) is 9.69 Å². The molecule has 0 aliphatic carbocycles. The van der Waals surface area contributed by atoms with Crippen LogP contribution in [0.2, 0.25) is 0 Å². The topological polar surface area (TPSA) is 73.8 Å². The van der Waals surface area contributed by atoms with Gasteiger partial charge < -0.3 is 19.9 Å². The number of unbranched alkanes of at least 4 members (excludes halogenated alkanes) is 2. The molecule has 8 nitrogen and oxygen atoms in total. The first-order valence-electron chi connectivity index (χ1n) is 14.5. The second-order valence-corrected chi connectivity index (χ2v) is 11.0. The lowest BCUT2D eigenvalue weighted by Gasteiger charge is -2.43. The molecule has 3 fully saturated rings. The van der Waals surface area contributed by atoms with Crippen molar-refractivity contribution in [2.24, 2.45) is 0 Å². The van der Waals surface area contributed by atoms with Crippen molar-refractivity contribution in [2.75, 3.05) is 57.4 Å². The first-order valence-corrected chi connectivity index (χ1v) is 14.5. The largest absolute Gasteiger partial charge is 0.372 e. The molecule has 1 aromatic heterocycles. The molecule has 3 aliphatic rings. The van der Waals surface area contributed by atoms with Crippen molar-refractivity contribution in [3.05, 3.63) is 18.0 Å². The predicted molar refractivity (Wildman–Crippen MR) is 144 cm³/mol. The molecule has 1 N–H and O–H groups in total. The first-order chi connectivity index (χ1) is 17.6. The summed E-state index contributed by atoms with van der Waals surface area (Å²) in [4.78, 5) is 29.1. The predicted octanol–water partition coefficient (Wildman–Crippen LogP) is 3.43. The fourth-order valence-corrected chi connectivity index (χ4v) is 6.16. The molecule has 1 aromatic rings. The second kappa shape index (κ2) is 13.7. The van der Waals surface area contributed by atoms with Gasteiger partial charge in [-0.2, -0.15) is 0 Å². The number of piperidine rings is 1. The number of ether oxygens (including phenoxy) is 1. The van der Waals surface area contributed by atoms with Crippen LogP contribution in [0.1, 0.15) is 83.6 Å². The Kier molecular flexibility index (Phi) is 10.4. The lowest BCUT2D eigenvalue weighted by atomic mass is 9.91. The lowest BCUT2D eigenvalue weighted by molar-refractivity contribution is -0.125. The van der Waals surface area contributed by atoms with Gasteiger partial charge >= 0.3 is 0 Å². The molecule has 1 amide bonds. The van der Waals surface area contributed by atoms with Gasteiger partial charge in [0.25, 0.3) is 0 Å². The van der Waals surface area contributed by atoms with Crippen molar-refractivity contribution in [2.45, 2.75) is 96.2 Å². The second-order valence-electron chi connectivity index (χ2n) is 11.0. The van der Waals surface area contributed by atoms with E-state index in [4.69, 9.17) is 14.7 Å². The van der Waals surface area contributed by atoms with Crippen molar-refractivity contribution < 1.29 is 9.53 Å². The van der Waals surface area contributed by atoms with Crippen LogP contribution in [0.4, 0.5) is 5.95 Å². The van der Waals surface area contributed by atoms with Gasteiger partial charge in [-0.25, -0.2) is 9.97 Å². The average molecular weight is 501 g/mol. The van der Waals surface area contributed by atoms with Crippen LogP contribution in [0.15, 0.2) is 12.4 Å². The summed E-state index contributed by atoms with van der Waals surface area (Å²) in [5, 5.41) is 2.93. The number of hydrogen-bond donors (Lipinski definition) is 1. The van der Waals surface area contributed by atoms with Crippen LogP contribution in [0.25, 0.3) is 0 Å². The zero-order chi connectivity index (χ0) is 25.3. The van der Waals surface area contributed by atoms with Gasteiger partial charge in [0.1, 0.15) is 6.61 Å². The van der Waals surface area contributed by atoms with Gasteiger partial charge in [0, 0.05) is 56.8 Å². The van der Waals surface area contributed by atoms with Crippen LogP contribution in [0.3, 0.4) is 0 Å². The third-order valence-electron chi connectivity index (χ3n) is 8.58. The summed E-state index contributed by atoms with van der Waals surface area (Å²) in [5.41, 5.74) is 1.31. The Morgan fingerprint density at radius 3 is 2.39 bits per heavy atom. The number of carbonyl (C=O) groups excluding carboxylic acids is 1. The van der Waals surface area contributed by atoms with Crippen LogP contribution in [-0.4, -0.2) is 96.3 Å². The maximum Gasteiger partial charge on any atom is 0.245 e. The van der Waals surface area contributed by atoms with Gasteiger partial charge in [0.05, 0.1) is 0 Å². The van der Waals surface area contributed by atoms with Crippen LogP contribution in [0, 0.1) is 0 Å². The van der Waals surface area contributed by atoms with Gasteiger partial charge in [-0.1, -0.05) is 13.3 Å². The molecule has 2 bridgehead atoms. The minimum Gasteiger partial charge on any atom is -0.372 e. The number of anilines is 1. The number of fused-ring (bicyclic) bond motifs is 2. The van der Waals surface area contributed by atoms with E-state index in [2.05, 4.69) is 46.3 Å². The molecule has 8 heteroatoms. The van der Waals surface area contributed by atoms with E-state index in [1.165, 1.54) is 44.1 Å². The minimum atomic E-state index is -0.00697. The highest BCUT2D eigenvalue weighted by Gasteiger charge is 2.42. The van der Waals surface area contributed by atoms with Gasteiger partial charge in [-0.05, 0) is 89.9 Å². The standard InChI is InChI=1S/C28H48N6O2/c1-4-22(3)33-19-25-9-10-26(20-33)34(25)28-30-17-24(18-31-28)23-11-15-32(16-12-23)14-8-6-7-13-29-27(35)21-36-5-2/h17-18,22-23,25-26H,4-16,19-21H2,1-3H3,(H,29,35). The number of aromatic nitrogens is 2. The summed E-state index contributed by atoms with van der Waals surface area (Å²) >= 11 is 0. The zero-order valence-electron chi connectivity index (χ0n) is 22.8. The number of piperazine rings is 1. The fourth-order valence-electron chi connectivity index (χ4n) is 6.16. The molecule has 202 valence electrons. The Morgan fingerprint density at radius 2 is 1.75 bits per heavy atom. The summed E-state index contributed by atoms with van der Waals surface area (Å²) in [6.07, 6.45) is 13.7. The van der Waals surface area contributed by atoms with Crippen molar-refractivity contribution in [1.82, 2.24) is 25.1 Å². The van der Waals surface area contributed by atoms with E-state index in [1.54, 1.807) is 0 Å². The Morgan fingerprint density at radius 1 is 1.06 bits per heavy atom. The summed E-state index contributed by atoms with van der Waals surface area (Å²) < 4.78 is 5.12. The Hall–Kier alpha value is -1.77. The van der Waals surface area contributed by atoms with E-state index in [0.29, 0.717) is 30.7 Å². The first kappa shape index (κ1) is 27.3. The van der Waals surface area contributed by atoms with Gasteiger partial charge in [0.15, 0.2) is 0 Å². The average Bonchev–Trinajstić information content (AvgIpc) is 3.18. The Labute approximate surface area is 218 Å². The van der Waals surface area contributed by atoms with Crippen molar-refractivity contribution in [3.8, 4) is 0 Å². The number of nitrogens with zero attached hydrogens (tertiary/aromatic N) is 5. The monoisotopic (exact) mass is 500 g/mol. The maximum atomic E-state index is 11.5. The number of amides is 1. The SMILES string of the molecule is CCOCC(=O)NCCCCCN1CCC(c2cnc(N3C4CCC3CN(C(C)CC)C4)nc2)CC1. The highest BCUT2D eigenvalue weighted by atomic mass is 16.5. The lowest BCUT2D eigenvalue weighted by Crippen LogP contribution is -2.56. The summed E-state index contributed by atoms with van der Waals surface area (Å²) in [6, 6.07) is 1.80. The molecule has 3 unspecified atom stereocenters. The van der Waals surface area contributed by atoms with Gasteiger partial charge in [-0.15, -0.1) is 0 Å². The number of likely N-dealkylation sites (tertiary alicyclic amines) is 2. The highest BCUT2D eigenvalue weighted by molar-refractivity contribution is 5.77. The van der Waals surface area contributed by atoms with Crippen molar-refractivity contribution in [3.63, 3.8) is 0 Å². The Bertz CT molecular complexity index is 784. The molecule has 3 aliphatic heterocycles. The summed E-state index contributed by atoms with van der Waals surface area (Å²) in [5.74, 6) is 1.52. The van der Waals surface area contributed by atoms with Crippen molar-refractivity contribution in [1.29, 1.82) is 0 Å². The quantitative estimate of drug-likeness (QED) is 0.416. The van der Waals surface area contributed by atoms with E-state index in [9.17, 15) is 4.79 Å². The molecule has 3 atom stereocenters. The van der Waals surface area contributed by atoms with Gasteiger partial charge in [0.2, 0.25) is 11.9 Å². The molecule has 0 spiro atoms. The van der Waals surface area contributed by atoms with E-state index in [-0.39, 0.29) is 12.5 Å². The van der Waals surface area contributed by atoms with Crippen LogP contribution < -0.4 is 10.2 Å². The maximum absolute atomic E-state index is 11.5. The third kappa shape index (κ3) is 7.17. The van der Waals surface area contributed by atoms with Crippen molar-refractivity contribution >= 4 is 11.9 Å². The molecule has 4 heterocycles. The molecule has 4 rings (SSSR count). The van der Waals surface area contributed by atoms with E-state index in [1.807, 2.05) is 6.92 Å². The molecular formula is C28H48N6O2. The zero-order valence-corrected chi connectivity index (χ0v) is 22.8. The highest BCUT2D eigenvalue weighted by Crippen LogP contribution is 2.35. The summed E-state index contributed by atoms with van der Waals surface area (Å²) in [6.45, 7) is 13.8. The molecule has 36 heavy (non-hydrogen) atoms. The van der Waals surface area contributed by atoms with E-state index < -0.39 is 0 Å². The van der Waals surface area contributed by atoms with Crippen LogP contribution in [-0.2, 0) is 9.53 Å².